The summed E-state index contributed by atoms with van der Waals surface area (Å²) in [6.45, 7) is 1.74. The molecule has 2 N–H and O–H groups in total. The highest BCUT2D eigenvalue weighted by Gasteiger charge is 2.34. The Kier molecular flexibility index (Phi) is 8.04. The minimum absolute atomic E-state index is 0.0837. The molecule has 0 aliphatic carbocycles. The Morgan fingerprint density at radius 1 is 1.05 bits per heavy atom. The summed E-state index contributed by atoms with van der Waals surface area (Å²) in [6, 6.07) is 12.9. The van der Waals surface area contributed by atoms with Gasteiger partial charge in [0, 0.05) is 33.5 Å². The van der Waals surface area contributed by atoms with Crippen molar-refractivity contribution in [1.82, 2.24) is 0 Å². The lowest BCUT2D eigenvalue weighted by molar-refractivity contribution is -0.137. The van der Waals surface area contributed by atoms with Crippen molar-refractivity contribution in [1.29, 1.82) is 0 Å². The topological polar surface area (TPSA) is 96.6 Å². The molecule has 6 nitrogen and oxygen atoms in total. The van der Waals surface area contributed by atoms with E-state index in [9.17, 15) is 27.6 Å². The molecule has 0 aliphatic heterocycles. The first-order chi connectivity index (χ1) is 18.3. The van der Waals surface area contributed by atoms with Gasteiger partial charge in [0.25, 0.3) is 0 Å². The maximum atomic E-state index is 13.5. The maximum Gasteiger partial charge on any atom is 0.418 e. The van der Waals surface area contributed by atoms with Gasteiger partial charge in [-0.15, -0.1) is 0 Å². The SMILES string of the molecule is Cc1cc2c(-c3cccc(CCC(=O)O)c3)c(CC(=O)Nc3ccc(Cl)cc3C(F)(F)F)c(=O)oc2cc1Cl. The van der Waals surface area contributed by atoms with Gasteiger partial charge in [-0.25, -0.2) is 4.79 Å². The average molecular weight is 578 g/mol. The van der Waals surface area contributed by atoms with Crippen LogP contribution in [0, 0.1) is 6.92 Å². The molecule has 4 rings (SSSR count). The molecule has 4 aromatic rings. The highest BCUT2D eigenvalue weighted by Crippen LogP contribution is 2.37. The molecule has 0 aliphatic rings. The number of halogens is 5. The summed E-state index contributed by atoms with van der Waals surface area (Å²) in [5.41, 5.74) is -0.269. The molecular formula is C28H20Cl2F3NO5. The zero-order valence-electron chi connectivity index (χ0n) is 20.3. The molecule has 3 aromatic carbocycles. The number of nitrogens with one attached hydrogen (secondary N) is 1. The molecule has 0 atom stereocenters. The molecule has 1 heterocycles. The second-order valence-corrected chi connectivity index (χ2v) is 9.69. The number of amides is 1. The van der Waals surface area contributed by atoms with Crippen LogP contribution in [0.4, 0.5) is 18.9 Å². The molecule has 0 saturated heterocycles. The lowest BCUT2D eigenvalue weighted by atomic mass is 9.92. The van der Waals surface area contributed by atoms with E-state index in [4.69, 9.17) is 32.7 Å². The third kappa shape index (κ3) is 6.43. The van der Waals surface area contributed by atoms with Gasteiger partial charge in [-0.2, -0.15) is 13.2 Å². The van der Waals surface area contributed by atoms with Crippen molar-refractivity contribution in [2.45, 2.75) is 32.4 Å². The Labute approximate surface area is 230 Å². The van der Waals surface area contributed by atoms with Gasteiger partial charge in [-0.1, -0.05) is 47.5 Å². The van der Waals surface area contributed by atoms with Crippen molar-refractivity contribution in [2.75, 3.05) is 5.32 Å². The Bertz CT molecular complexity index is 1660. The fourth-order valence-electron chi connectivity index (χ4n) is 4.21. The van der Waals surface area contributed by atoms with Crippen molar-refractivity contribution in [3.8, 4) is 11.1 Å². The molecule has 0 saturated carbocycles. The number of anilines is 1. The van der Waals surface area contributed by atoms with E-state index in [1.165, 1.54) is 12.1 Å². The van der Waals surface area contributed by atoms with E-state index in [0.717, 1.165) is 6.07 Å². The van der Waals surface area contributed by atoms with Crippen molar-refractivity contribution in [3.63, 3.8) is 0 Å². The van der Waals surface area contributed by atoms with E-state index >= 15 is 0 Å². The minimum atomic E-state index is -4.78. The fourth-order valence-corrected chi connectivity index (χ4v) is 4.53. The summed E-state index contributed by atoms with van der Waals surface area (Å²) in [5.74, 6) is -1.86. The van der Waals surface area contributed by atoms with Crippen LogP contribution in [-0.2, 0) is 28.6 Å². The summed E-state index contributed by atoms with van der Waals surface area (Å²) in [4.78, 5) is 37.2. The number of alkyl halides is 3. The quantitative estimate of drug-likeness (QED) is 0.225. The molecule has 202 valence electrons. The summed E-state index contributed by atoms with van der Waals surface area (Å²) in [7, 11) is 0. The number of carbonyl (C=O) groups excluding carboxylic acids is 1. The number of hydrogen-bond donors (Lipinski definition) is 2. The van der Waals surface area contributed by atoms with E-state index in [1.807, 2.05) is 0 Å². The molecule has 11 heteroatoms. The molecule has 0 unspecified atom stereocenters. The number of carbonyl (C=O) groups is 2. The lowest BCUT2D eigenvalue weighted by Crippen LogP contribution is -2.22. The first-order valence-electron chi connectivity index (χ1n) is 11.6. The minimum Gasteiger partial charge on any atom is -0.481 e. The van der Waals surface area contributed by atoms with Crippen LogP contribution in [0.1, 0.15) is 28.7 Å². The maximum absolute atomic E-state index is 13.5. The van der Waals surface area contributed by atoms with Crippen LogP contribution in [0.25, 0.3) is 22.1 Å². The molecule has 1 aromatic heterocycles. The number of carboxylic acids is 1. The highest BCUT2D eigenvalue weighted by atomic mass is 35.5. The standard InChI is InChI=1S/C28H20Cl2F3NO5/c1-14-9-18-23(13-21(14)30)39-27(38)19(26(18)16-4-2-3-15(10-16)5-8-25(36)37)12-24(35)34-22-7-6-17(29)11-20(22)28(31,32)33/h2-4,6-7,9-11,13H,5,8,12H2,1H3,(H,34,35)(H,36,37). The van der Waals surface area contributed by atoms with Crippen LogP contribution >= 0.6 is 23.2 Å². The van der Waals surface area contributed by atoms with E-state index in [1.54, 1.807) is 37.3 Å². The second-order valence-electron chi connectivity index (χ2n) is 8.85. The van der Waals surface area contributed by atoms with E-state index in [-0.39, 0.29) is 29.0 Å². The van der Waals surface area contributed by atoms with E-state index < -0.39 is 41.4 Å². The van der Waals surface area contributed by atoms with E-state index in [0.29, 0.717) is 38.7 Å². The van der Waals surface area contributed by atoms with Crippen molar-refractivity contribution in [2.24, 2.45) is 0 Å². The van der Waals surface area contributed by atoms with Gasteiger partial charge in [0.05, 0.1) is 23.2 Å². The van der Waals surface area contributed by atoms with Gasteiger partial charge in [0.15, 0.2) is 0 Å². The van der Waals surface area contributed by atoms with Gasteiger partial charge in [0.2, 0.25) is 5.91 Å². The largest absolute Gasteiger partial charge is 0.481 e. The van der Waals surface area contributed by atoms with Gasteiger partial charge < -0.3 is 14.8 Å². The molecule has 0 spiro atoms. The molecule has 0 bridgehead atoms. The number of rotatable bonds is 7. The summed E-state index contributed by atoms with van der Waals surface area (Å²) < 4.78 is 46.0. The number of aryl methyl sites for hydroxylation is 2. The molecule has 0 fully saturated rings. The van der Waals surface area contributed by atoms with Gasteiger partial charge in [-0.05, 0) is 54.3 Å². The average Bonchev–Trinajstić information content (AvgIpc) is 2.85. The van der Waals surface area contributed by atoms with Crippen LogP contribution in [0.5, 0.6) is 0 Å². The first-order valence-corrected chi connectivity index (χ1v) is 12.3. The Balaban J connectivity index is 1.83. The highest BCUT2D eigenvalue weighted by molar-refractivity contribution is 6.32. The summed E-state index contributed by atoms with van der Waals surface area (Å²) >= 11 is 12.0. The lowest BCUT2D eigenvalue weighted by Gasteiger charge is -2.16. The van der Waals surface area contributed by atoms with Crippen LogP contribution < -0.4 is 10.9 Å². The van der Waals surface area contributed by atoms with E-state index in [2.05, 4.69) is 5.32 Å². The number of carboxylic acid groups (broad SMARTS) is 1. The Morgan fingerprint density at radius 2 is 1.79 bits per heavy atom. The van der Waals surface area contributed by atoms with Crippen molar-refractivity contribution in [3.05, 3.63) is 97.3 Å². The molecule has 39 heavy (non-hydrogen) atoms. The third-order valence-corrected chi connectivity index (χ3v) is 6.66. The predicted molar refractivity (Wildman–Crippen MR) is 142 cm³/mol. The summed E-state index contributed by atoms with van der Waals surface area (Å²) in [5, 5.41) is 11.9. The zero-order chi connectivity index (χ0) is 28.5. The van der Waals surface area contributed by atoms with Crippen LogP contribution in [0.15, 0.2) is 63.8 Å². The monoisotopic (exact) mass is 577 g/mol. The molecule has 0 radical (unpaired) electrons. The normalized spacial score (nSPS) is 11.5. The first kappa shape index (κ1) is 28.2. The third-order valence-electron chi connectivity index (χ3n) is 6.02. The number of hydrogen-bond acceptors (Lipinski definition) is 4. The van der Waals surface area contributed by atoms with Gasteiger partial charge in [0.1, 0.15) is 5.58 Å². The van der Waals surface area contributed by atoms with Gasteiger partial charge in [-0.3, -0.25) is 9.59 Å². The van der Waals surface area contributed by atoms with Crippen molar-refractivity contribution < 1.29 is 32.3 Å². The number of benzene rings is 3. The van der Waals surface area contributed by atoms with Crippen LogP contribution in [0.3, 0.4) is 0 Å². The van der Waals surface area contributed by atoms with Crippen molar-refractivity contribution >= 4 is 51.7 Å². The predicted octanol–water partition coefficient (Wildman–Crippen LogP) is 7.29. The molecular weight excluding hydrogens is 558 g/mol. The van der Waals surface area contributed by atoms with Crippen LogP contribution in [-0.4, -0.2) is 17.0 Å². The molecule has 1 amide bonds. The van der Waals surface area contributed by atoms with Gasteiger partial charge >= 0.3 is 17.8 Å². The zero-order valence-corrected chi connectivity index (χ0v) is 21.8. The second kappa shape index (κ2) is 11.1. The summed E-state index contributed by atoms with van der Waals surface area (Å²) in [6.07, 6.45) is -5.28. The number of fused-ring (bicyclic) bond motifs is 1. The smallest absolute Gasteiger partial charge is 0.418 e. The fraction of sp³-hybridized carbons (Fsp3) is 0.179. The number of aliphatic carboxylic acids is 1. The Morgan fingerprint density at radius 3 is 2.49 bits per heavy atom. The Hall–Kier alpha value is -3.82. The van der Waals surface area contributed by atoms with Crippen LogP contribution in [0.2, 0.25) is 10.0 Å².